The van der Waals surface area contributed by atoms with Crippen LogP contribution >= 0.6 is 11.3 Å². The Morgan fingerprint density at radius 1 is 1.07 bits per heavy atom. The number of nitrogens with one attached hydrogen (secondary N) is 1. The molecule has 4 nitrogen and oxygen atoms in total. The maximum absolute atomic E-state index is 13.3. The summed E-state index contributed by atoms with van der Waals surface area (Å²) in [5.41, 5.74) is 2.32. The molecule has 1 N–H and O–H groups in total. The van der Waals surface area contributed by atoms with Crippen molar-refractivity contribution in [2.75, 3.05) is 18.4 Å². The van der Waals surface area contributed by atoms with Crippen molar-refractivity contribution in [1.82, 2.24) is 4.90 Å². The van der Waals surface area contributed by atoms with E-state index < -0.39 is 0 Å². The summed E-state index contributed by atoms with van der Waals surface area (Å²) >= 11 is 1.54. The summed E-state index contributed by atoms with van der Waals surface area (Å²) in [5, 5.41) is 3.64. The average molecular weight is 381 g/mol. The molecule has 3 rings (SSSR count). The standard InChI is InChI=1S/C22H24N2O2S/c1-3-14-24(15-4-2)22(26)19-17-12-8-9-13-18(17)27-21(19)23-20(25)16-10-6-5-7-11-16/h3-7,10-11H,1-2,8-9,12-15H2,(H,23,25). The Hall–Kier alpha value is -2.66. The molecule has 1 aliphatic carbocycles. The lowest BCUT2D eigenvalue weighted by Crippen LogP contribution is -2.32. The minimum atomic E-state index is -0.192. The topological polar surface area (TPSA) is 49.4 Å². The van der Waals surface area contributed by atoms with E-state index in [1.165, 1.54) is 16.2 Å². The van der Waals surface area contributed by atoms with Gasteiger partial charge in [-0.2, -0.15) is 0 Å². The number of nitrogens with zero attached hydrogens (tertiary/aromatic N) is 1. The van der Waals surface area contributed by atoms with E-state index in [9.17, 15) is 9.59 Å². The van der Waals surface area contributed by atoms with Crippen LogP contribution in [0.3, 0.4) is 0 Å². The lowest BCUT2D eigenvalue weighted by atomic mass is 9.95. The molecular weight excluding hydrogens is 356 g/mol. The molecule has 1 aliphatic rings. The number of hydrogen-bond acceptors (Lipinski definition) is 3. The number of benzene rings is 1. The van der Waals surface area contributed by atoms with E-state index in [0.717, 1.165) is 31.2 Å². The van der Waals surface area contributed by atoms with Gasteiger partial charge >= 0.3 is 0 Å². The number of hydrogen-bond donors (Lipinski definition) is 1. The zero-order valence-electron chi connectivity index (χ0n) is 15.4. The Kier molecular flexibility index (Phi) is 6.24. The first kappa shape index (κ1) is 19.1. The summed E-state index contributed by atoms with van der Waals surface area (Å²) in [6.07, 6.45) is 7.45. The molecular formula is C22H24N2O2S. The monoisotopic (exact) mass is 380 g/mol. The van der Waals surface area contributed by atoms with Crippen molar-refractivity contribution in [3.05, 3.63) is 77.2 Å². The van der Waals surface area contributed by atoms with E-state index in [0.29, 0.717) is 29.2 Å². The van der Waals surface area contributed by atoms with Gasteiger partial charge in [-0.3, -0.25) is 9.59 Å². The molecule has 140 valence electrons. The number of rotatable bonds is 7. The molecule has 0 saturated carbocycles. The SMILES string of the molecule is C=CCN(CC=C)C(=O)c1c(NC(=O)c2ccccc2)sc2c1CCCC2. The molecule has 0 bridgehead atoms. The maximum atomic E-state index is 13.3. The molecule has 2 amide bonds. The van der Waals surface area contributed by atoms with Gasteiger partial charge in [-0.05, 0) is 43.4 Å². The molecule has 5 heteroatoms. The third-order valence-corrected chi connectivity index (χ3v) is 5.84. The first-order valence-electron chi connectivity index (χ1n) is 9.17. The lowest BCUT2D eigenvalue weighted by molar-refractivity contribution is 0.0791. The van der Waals surface area contributed by atoms with Crippen LogP contribution in [0.2, 0.25) is 0 Å². The molecule has 1 aromatic heterocycles. The minimum Gasteiger partial charge on any atom is -0.331 e. The molecule has 0 aliphatic heterocycles. The zero-order chi connectivity index (χ0) is 19.2. The van der Waals surface area contributed by atoms with Gasteiger partial charge in [-0.1, -0.05) is 30.4 Å². The van der Waals surface area contributed by atoms with Gasteiger partial charge in [-0.25, -0.2) is 0 Å². The predicted octanol–water partition coefficient (Wildman–Crippen LogP) is 4.69. The number of thiophene rings is 1. The van der Waals surface area contributed by atoms with Gasteiger partial charge in [0.05, 0.1) is 5.56 Å². The van der Waals surface area contributed by atoms with E-state index in [4.69, 9.17) is 0 Å². The van der Waals surface area contributed by atoms with Crippen molar-refractivity contribution in [1.29, 1.82) is 0 Å². The van der Waals surface area contributed by atoms with E-state index >= 15 is 0 Å². The normalized spacial score (nSPS) is 12.7. The highest BCUT2D eigenvalue weighted by Crippen LogP contribution is 2.39. The van der Waals surface area contributed by atoms with Crippen LogP contribution in [0, 0.1) is 0 Å². The molecule has 2 aromatic rings. The van der Waals surface area contributed by atoms with Crippen LogP contribution in [0.4, 0.5) is 5.00 Å². The zero-order valence-corrected chi connectivity index (χ0v) is 16.2. The molecule has 0 radical (unpaired) electrons. The summed E-state index contributed by atoms with van der Waals surface area (Å²) in [4.78, 5) is 28.9. The van der Waals surface area contributed by atoms with E-state index in [1.54, 1.807) is 29.2 Å². The summed E-state index contributed by atoms with van der Waals surface area (Å²) < 4.78 is 0. The van der Waals surface area contributed by atoms with Crippen LogP contribution < -0.4 is 5.32 Å². The maximum Gasteiger partial charge on any atom is 0.257 e. The molecule has 0 spiro atoms. The Morgan fingerprint density at radius 3 is 2.41 bits per heavy atom. The van der Waals surface area contributed by atoms with Crippen molar-refractivity contribution >= 4 is 28.2 Å². The highest BCUT2D eigenvalue weighted by Gasteiger charge is 2.28. The molecule has 0 fully saturated rings. The Morgan fingerprint density at radius 2 is 1.74 bits per heavy atom. The summed E-state index contributed by atoms with van der Waals surface area (Å²) in [6, 6.07) is 9.07. The molecule has 0 unspecified atom stereocenters. The van der Waals surface area contributed by atoms with Gasteiger partial charge < -0.3 is 10.2 Å². The molecule has 1 aromatic carbocycles. The van der Waals surface area contributed by atoms with Crippen molar-refractivity contribution in [3.8, 4) is 0 Å². The number of amides is 2. The molecule has 27 heavy (non-hydrogen) atoms. The van der Waals surface area contributed by atoms with Gasteiger partial charge in [0, 0.05) is 23.5 Å². The van der Waals surface area contributed by atoms with Gasteiger partial charge in [0.1, 0.15) is 5.00 Å². The van der Waals surface area contributed by atoms with E-state index in [2.05, 4.69) is 18.5 Å². The Labute approximate surface area is 164 Å². The highest BCUT2D eigenvalue weighted by molar-refractivity contribution is 7.17. The minimum absolute atomic E-state index is 0.0717. The second-order valence-electron chi connectivity index (χ2n) is 6.52. The van der Waals surface area contributed by atoms with E-state index in [1.807, 2.05) is 18.2 Å². The van der Waals surface area contributed by atoms with E-state index in [-0.39, 0.29) is 11.8 Å². The molecule has 0 atom stereocenters. The Balaban J connectivity index is 1.97. The molecule has 0 saturated heterocycles. The van der Waals surface area contributed by atoms with Crippen molar-refractivity contribution in [2.24, 2.45) is 0 Å². The quantitative estimate of drug-likeness (QED) is 0.708. The van der Waals surface area contributed by atoms with Crippen LogP contribution in [0.5, 0.6) is 0 Å². The Bertz CT molecular complexity index is 845. The number of fused-ring (bicyclic) bond motifs is 1. The van der Waals surface area contributed by atoms with Gasteiger partial charge in [0.15, 0.2) is 0 Å². The fourth-order valence-corrected chi connectivity index (χ4v) is 4.63. The number of anilines is 1. The van der Waals surface area contributed by atoms with Crippen molar-refractivity contribution in [3.63, 3.8) is 0 Å². The number of carbonyl (C=O) groups is 2. The van der Waals surface area contributed by atoms with Gasteiger partial charge in [0.2, 0.25) is 0 Å². The summed E-state index contributed by atoms with van der Waals surface area (Å²) in [6.45, 7) is 8.39. The van der Waals surface area contributed by atoms with Crippen LogP contribution in [-0.2, 0) is 12.8 Å². The summed E-state index contributed by atoms with van der Waals surface area (Å²) in [7, 11) is 0. The van der Waals surface area contributed by atoms with Crippen LogP contribution in [0.25, 0.3) is 0 Å². The smallest absolute Gasteiger partial charge is 0.257 e. The number of aryl methyl sites for hydroxylation is 1. The van der Waals surface area contributed by atoms with Crippen LogP contribution in [-0.4, -0.2) is 29.8 Å². The molecule has 1 heterocycles. The third-order valence-electron chi connectivity index (χ3n) is 4.63. The third kappa shape index (κ3) is 4.19. The largest absolute Gasteiger partial charge is 0.331 e. The van der Waals surface area contributed by atoms with Gasteiger partial charge in [-0.15, -0.1) is 24.5 Å². The predicted molar refractivity (Wildman–Crippen MR) is 112 cm³/mol. The van der Waals surface area contributed by atoms with Crippen molar-refractivity contribution in [2.45, 2.75) is 25.7 Å². The first-order chi connectivity index (χ1) is 13.2. The van der Waals surface area contributed by atoms with Crippen LogP contribution in [0.15, 0.2) is 55.6 Å². The lowest BCUT2D eigenvalue weighted by Gasteiger charge is -2.21. The average Bonchev–Trinajstić information content (AvgIpc) is 3.05. The van der Waals surface area contributed by atoms with Crippen LogP contribution in [0.1, 0.15) is 44.0 Å². The first-order valence-corrected chi connectivity index (χ1v) is 9.99. The second kappa shape index (κ2) is 8.82. The van der Waals surface area contributed by atoms with Gasteiger partial charge in [0.25, 0.3) is 11.8 Å². The van der Waals surface area contributed by atoms with Crippen molar-refractivity contribution < 1.29 is 9.59 Å². The highest BCUT2D eigenvalue weighted by atomic mass is 32.1. The fraction of sp³-hybridized carbons (Fsp3) is 0.273. The summed E-state index contributed by atoms with van der Waals surface area (Å²) in [5.74, 6) is -0.264. The second-order valence-corrected chi connectivity index (χ2v) is 7.63. The number of carbonyl (C=O) groups excluding carboxylic acids is 2. The fourth-order valence-electron chi connectivity index (χ4n) is 3.36.